The van der Waals surface area contributed by atoms with Gasteiger partial charge in [-0.3, -0.25) is 4.79 Å². The first-order valence-electron chi connectivity index (χ1n) is 10.9. The molecule has 7 nitrogen and oxygen atoms in total. The summed E-state index contributed by atoms with van der Waals surface area (Å²) in [7, 11) is -3.71. The number of carbonyl (C=O) groups excluding carboxylic acids is 1. The Kier molecular flexibility index (Phi) is 8.14. The van der Waals surface area contributed by atoms with E-state index in [1.165, 1.54) is 16.4 Å². The highest BCUT2D eigenvalue weighted by Crippen LogP contribution is 2.32. The van der Waals surface area contributed by atoms with E-state index in [2.05, 4.69) is 10.2 Å². The molecule has 0 atom stereocenters. The van der Waals surface area contributed by atoms with Crippen LogP contribution in [0.3, 0.4) is 0 Å². The molecular weight excluding hydrogens is 460 g/mol. The van der Waals surface area contributed by atoms with Gasteiger partial charge in [-0.2, -0.15) is 9.57 Å². The van der Waals surface area contributed by atoms with Crippen molar-refractivity contribution in [3.8, 4) is 6.07 Å². The molecule has 1 aliphatic rings. The lowest BCUT2D eigenvalue weighted by molar-refractivity contribution is -0.112. The fourth-order valence-electron chi connectivity index (χ4n) is 3.79. The molecule has 9 heteroatoms. The maximum Gasteiger partial charge on any atom is 0.266 e. The number of anilines is 2. The topological polar surface area (TPSA) is 93.5 Å². The van der Waals surface area contributed by atoms with Crippen LogP contribution in [0.25, 0.3) is 6.08 Å². The van der Waals surface area contributed by atoms with Crippen LogP contribution in [-0.4, -0.2) is 44.8 Å². The Morgan fingerprint density at radius 2 is 1.79 bits per heavy atom. The summed E-state index contributed by atoms with van der Waals surface area (Å²) in [5.41, 5.74) is 1.67. The molecule has 1 aliphatic heterocycles. The molecule has 0 saturated carbocycles. The molecule has 1 heterocycles. The standard InChI is InChI=1S/C24H27ClN4O3S/c1-3-29(4-2)33(31,32)21-11-12-23(28-13-5-6-14-28)22(16-21)27-24(30)19(17-26)15-18-7-9-20(25)10-8-18/h7-12,15-16H,3-6,13-14H2,1-2H3,(H,27,30)/b19-15+. The third-order valence-corrected chi connectivity index (χ3v) is 7.85. The summed E-state index contributed by atoms with van der Waals surface area (Å²) in [5, 5.41) is 12.9. The van der Waals surface area contributed by atoms with Gasteiger partial charge in [0.25, 0.3) is 5.91 Å². The quantitative estimate of drug-likeness (QED) is 0.437. The zero-order valence-electron chi connectivity index (χ0n) is 18.7. The van der Waals surface area contributed by atoms with Crippen LogP contribution < -0.4 is 10.2 Å². The number of benzene rings is 2. The average molecular weight is 487 g/mol. The van der Waals surface area contributed by atoms with Gasteiger partial charge < -0.3 is 10.2 Å². The summed E-state index contributed by atoms with van der Waals surface area (Å²) in [5.74, 6) is -0.606. The minimum absolute atomic E-state index is 0.0957. The van der Waals surface area contributed by atoms with Gasteiger partial charge in [-0.05, 0) is 54.8 Å². The first-order chi connectivity index (χ1) is 15.8. The highest BCUT2D eigenvalue weighted by Gasteiger charge is 2.25. The maximum atomic E-state index is 13.0. The molecule has 1 amide bonds. The van der Waals surface area contributed by atoms with Crippen molar-refractivity contribution in [3.05, 3.63) is 58.6 Å². The van der Waals surface area contributed by atoms with Crippen LogP contribution in [-0.2, 0) is 14.8 Å². The van der Waals surface area contributed by atoms with Crippen molar-refractivity contribution in [1.82, 2.24) is 4.31 Å². The number of rotatable bonds is 8. The van der Waals surface area contributed by atoms with Crippen LogP contribution in [0.2, 0.25) is 5.02 Å². The van der Waals surface area contributed by atoms with E-state index in [4.69, 9.17) is 11.6 Å². The molecule has 1 N–H and O–H groups in total. The predicted molar refractivity (Wildman–Crippen MR) is 132 cm³/mol. The highest BCUT2D eigenvalue weighted by atomic mass is 35.5. The van der Waals surface area contributed by atoms with Gasteiger partial charge in [0.2, 0.25) is 10.0 Å². The second kappa shape index (κ2) is 10.8. The summed E-state index contributed by atoms with van der Waals surface area (Å²) in [6, 6.07) is 13.5. The number of carbonyl (C=O) groups is 1. The van der Waals surface area contributed by atoms with Gasteiger partial charge in [-0.25, -0.2) is 8.42 Å². The Hall–Kier alpha value is -2.86. The predicted octanol–water partition coefficient (Wildman–Crippen LogP) is 4.52. The average Bonchev–Trinajstić information content (AvgIpc) is 3.34. The summed E-state index contributed by atoms with van der Waals surface area (Å²) in [4.78, 5) is 15.2. The van der Waals surface area contributed by atoms with Crippen molar-refractivity contribution in [2.24, 2.45) is 0 Å². The van der Waals surface area contributed by atoms with E-state index in [-0.39, 0.29) is 10.5 Å². The molecule has 0 aromatic heterocycles. The van der Waals surface area contributed by atoms with Crippen LogP contribution in [0.4, 0.5) is 11.4 Å². The van der Waals surface area contributed by atoms with E-state index in [1.807, 2.05) is 6.07 Å². The molecule has 0 spiro atoms. The van der Waals surface area contributed by atoms with Gasteiger partial charge in [0.15, 0.2) is 0 Å². The summed E-state index contributed by atoms with van der Waals surface area (Å²) >= 11 is 5.90. The molecule has 0 unspecified atom stereocenters. The number of nitriles is 1. The largest absolute Gasteiger partial charge is 0.370 e. The lowest BCUT2D eigenvalue weighted by Gasteiger charge is -2.24. The van der Waals surface area contributed by atoms with E-state index >= 15 is 0 Å². The van der Waals surface area contributed by atoms with Gasteiger partial charge in [-0.15, -0.1) is 0 Å². The molecule has 0 bridgehead atoms. The molecule has 1 fully saturated rings. The van der Waals surface area contributed by atoms with Crippen LogP contribution in [0.1, 0.15) is 32.3 Å². The maximum absolute atomic E-state index is 13.0. The Balaban J connectivity index is 1.99. The summed E-state index contributed by atoms with van der Waals surface area (Å²) in [6.45, 7) is 5.88. The number of nitrogens with one attached hydrogen (secondary N) is 1. The zero-order chi connectivity index (χ0) is 24.0. The molecule has 3 rings (SSSR count). The van der Waals surface area contributed by atoms with Gasteiger partial charge in [0.05, 0.1) is 16.3 Å². The van der Waals surface area contributed by atoms with Gasteiger partial charge >= 0.3 is 0 Å². The Labute approximate surface area is 200 Å². The van der Waals surface area contributed by atoms with Crippen molar-refractivity contribution >= 4 is 45.0 Å². The third-order valence-electron chi connectivity index (χ3n) is 5.55. The van der Waals surface area contributed by atoms with Crippen molar-refractivity contribution in [2.45, 2.75) is 31.6 Å². The second-order valence-electron chi connectivity index (χ2n) is 7.64. The molecule has 0 aliphatic carbocycles. The minimum atomic E-state index is -3.71. The lowest BCUT2D eigenvalue weighted by Crippen LogP contribution is -2.31. The van der Waals surface area contributed by atoms with Crippen molar-refractivity contribution in [3.63, 3.8) is 0 Å². The van der Waals surface area contributed by atoms with Crippen molar-refractivity contribution in [2.75, 3.05) is 36.4 Å². The van der Waals surface area contributed by atoms with E-state index < -0.39 is 15.9 Å². The number of nitrogens with zero attached hydrogens (tertiary/aromatic N) is 3. The van der Waals surface area contributed by atoms with Crippen LogP contribution in [0.5, 0.6) is 0 Å². The fourth-order valence-corrected chi connectivity index (χ4v) is 5.40. The molecule has 33 heavy (non-hydrogen) atoms. The first-order valence-corrected chi connectivity index (χ1v) is 12.7. The van der Waals surface area contributed by atoms with E-state index in [0.717, 1.165) is 31.6 Å². The Morgan fingerprint density at radius 1 is 1.15 bits per heavy atom. The Morgan fingerprint density at radius 3 is 2.36 bits per heavy atom. The van der Waals surface area contributed by atoms with Gasteiger partial charge in [0.1, 0.15) is 11.6 Å². The van der Waals surface area contributed by atoms with Crippen molar-refractivity contribution < 1.29 is 13.2 Å². The number of sulfonamides is 1. The summed E-state index contributed by atoms with van der Waals surface area (Å²) < 4.78 is 27.5. The smallest absolute Gasteiger partial charge is 0.266 e. The van der Waals surface area contributed by atoms with Gasteiger partial charge in [0, 0.05) is 31.2 Å². The number of amides is 1. The highest BCUT2D eigenvalue weighted by molar-refractivity contribution is 7.89. The molecular formula is C24H27ClN4O3S. The number of halogens is 1. The first kappa shape index (κ1) is 24.8. The van der Waals surface area contributed by atoms with E-state index in [9.17, 15) is 18.5 Å². The Bertz CT molecular complexity index is 1180. The molecule has 0 radical (unpaired) electrons. The lowest BCUT2D eigenvalue weighted by atomic mass is 10.1. The molecule has 1 saturated heterocycles. The molecule has 2 aromatic rings. The van der Waals surface area contributed by atoms with Crippen LogP contribution in [0.15, 0.2) is 52.9 Å². The fraction of sp³-hybridized carbons (Fsp3) is 0.333. The monoisotopic (exact) mass is 486 g/mol. The van der Waals surface area contributed by atoms with E-state index in [1.54, 1.807) is 50.2 Å². The van der Waals surface area contributed by atoms with Crippen LogP contribution in [0, 0.1) is 11.3 Å². The zero-order valence-corrected chi connectivity index (χ0v) is 20.3. The van der Waals surface area contributed by atoms with E-state index in [0.29, 0.717) is 29.4 Å². The number of hydrogen-bond donors (Lipinski definition) is 1. The number of hydrogen-bond acceptors (Lipinski definition) is 5. The second-order valence-corrected chi connectivity index (χ2v) is 10.0. The SMILES string of the molecule is CCN(CC)S(=O)(=O)c1ccc(N2CCCC2)c(NC(=O)/C(C#N)=C/c2ccc(Cl)cc2)c1. The van der Waals surface area contributed by atoms with Crippen LogP contribution >= 0.6 is 11.6 Å². The minimum Gasteiger partial charge on any atom is -0.370 e. The summed E-state index contributed by atoms with van der Waals surface area (Å²) in [6.07, 6.45) is 3.51. The molecule has 2 aromatic carbocycles. The van der Waals surface area contributed by atoms with Crippen molar-refractivity contribution in [1.29, 1.82) is 5.26 Å². The third kappa shape index (κ3) is 5.74. The molecule has 174 valence electrons. The van der Waals surface area contributed by atoms with Gasteiger partial charge in [-0.1, -0.05) is 37.6 Å². The normalized spacial score (nSPS) is 14.4.